The first kappa shape index (κ1) is 16.4. The number of benzene rings is 2. The quantitative estimate of drug-likeness (QED) is 0.445. The molecule has 0 amide bonds. The highest BCUT2D eigenvalue weighted by atomic mass is 16.6. The summed E-state index contributed by atoms with van der Waals surface area (Å²) in [6.45, 7) is 2.97. The number of rotatable bonds is 7. The largest absolute Gasteiger partial charge is 0.457 e. The van der Waals surface area contributed by atoms with E-state index in [9.17, 15) is 19.7 Å². The van der Waals surface area contributed by atoms with Gasteiger partial charge < -0.3 is 4.74 Å². The van der Waals surface area contributed by atoms with E-state index in [-0.39, 0.29) is 29.6 Å². The number of hydrogen-bond acceptors (Lipinski definition) is 5. The smallest absolute Gasteiger partial charge is 0.417 e. The molecule has 0 aliphatic carbocycles. The molecular formula is C17H14NO5. The Labute approximate surface area is 132 Å². The maximum absolute atomic E-state index is 12.4. The van der Waals surface area contributed by atoms with E-state index in [0.29, 0.717) is 11.1 Å². The summed E-state index contributed by atoms with van der Waals surface area (Å²) in [6, 6.07) is 12.9. The van der Waals surface area contributed by atoms with Gasteiger partial charge >= 0.3 is 6.47 Å². The highest BCUT2D eigenvalue weighted by molar-refractivity contribution is 6.09. The summed E-state index contributed by atoms with van der Waals surface area (Å²) >= 11 is 0. The molecular weight excluding hydrogens is 298 g/mol. The highest BCUT2D eigenvalue weighted by Crippen LogP contribution is 2.28. The van der Waals surface area contributed by atoms with Gasteiger partial charge in [-0.05, 0) is 0 Å². The molecule has 0 saturated heterocycles. The van der Waals surface area contributed by atoms with Gasteiger partial charge in [-0.25, -0.2) is 4.79 Å². The molecule has 0 saturated carbocycles. The van der Waals surface area contributed by atoms with Crippen LogP contribution >= 0.6 is 0 Å². The summed E-state index contributed by atoms with van der Waals surface area (Å²) in [5.41, 5.74) is 0.923. The number of carbonyl (C=O) groups excluding carboxylic acids is 2. The van der Waals surface area contributed by atoms with E-state index in [1.165, 1.54) is 18.6 Å². The van der Waals surface area contributed by atoms with Crippen molar-refractivity contribution in [3.63, 3.8) is 0 Å². The van der Waals surface area contributed by atoms with Crippen molar-refractivity contribution < 1.29 is 19.2 Å². The van der Waals surface area contributed by atoms with Gasteiger partial charge in [-0.2, -0.15) is 0 Å². The Kier molecular flexibility index (Phi) is 5.19. The van der Waals surface area contributed by atoms with Gasteiger partial charge in [0.1, 0.15) is 0 Å². The van der Waals surface area contributed by atoms with Crippen molar-refractivity contribution in [2.45, 2.75) is 12.8 Å². The van der Waals surface area contributed by atoms with Gasteiger partial charge in [0.15, 0.2) is 5.78 Å². The zero-order chi connectivity index (χ0) is 16.8. The van der Waals surface area contributed by atoms with E-state index in [1.54, 1.807) is 43.3 Å². The molecule has 0 fully saturated rings. The van der Waals surface area contributed by atoms with Crippen LogP contribution in [0.15, 0.2) is 48.5 Å². The maximum Gasteiger partial charge on any atom is 0.417 e. The van der Waals surface area contributed by atoms with Crippen LogP contribution in [-0.4, -0.2) is 23.8 Å². The molecule has 0 heterocycles. The molecule has 1 unspecified atom stereocenters. The van der Waals surface area contributed by atoms with Crippen molar-refractivity contribution >= 4 is 17.9 Å². The van der Waals surface area contributed by atoms with Crippen LogP contribution in [0.3, 0.4) is 0 Å². The van der Waals surface area contributed by atoms with E-state index in [4.69, 9.17) is 0 Å². The molecule has 0 aliphatic rings. The van der Waals surface area contributed by atoms with Gasteiger partial charge in [0.2, 0.25) is 0 Å². The van der Waals surface area contributed by atoms with E-state index < -0.39 is 4.92 Å². The molecule has 0 spiro atoms. The number of ketones is 1. The third-order valence-electron chi connectivity index (χ3n) is 3.45. The molecule has 2 rings (SSSR count). The van der Waals surface area contributed by atoms with E-state index in [2.05, 4.69) is 4.74 Å². The monoisotopic (exact) mass is 312 g/mol. The van der Waals surface area contributed by atoms with Gasteiger partial charge in [-0.15, -0.1) is 0 Å². The molecule has 6 heteroatoms. The van der Waals surface area contributed by atoms with Crippen LogP contribution in [0.5, 0.6) is 0 Å². The molecule has 117 valence electrons. The van der Waals surface area contributed by atoms with Crippen molar-refractivity contribution in [2.75, 3.05) is 6.61 Å². The summed E-state index contributed by atoms with van der Waals surface area (Å²) in [6.07, 6.45) is 0. The van der Waals surface area contributed by atoms with E-state index >= 15 is 0 Å². The Bertz CT molecular complexity index is 727. The Hall–Kier alpha value is -3.02. The van der Waals surface area contributed by atoms with Crippen LogP contribution in [0.1, 0.15) is 34.3 Å². The minimum Gasteiger partial charge on any atom is -0.457 e. The van der Waals surface area contributed by atoms with Crippen LogP contribution in [-0.2, 0) is 9.53 Å². The number of hydrogen-bond donors (Lipinski definition) is 0. The van der Waals surface area contributed by atoms with Crippen LogP contribution in [0.4, 0.5) is 5.69 Å². The highest BCUT2D eigenvalue weighted by Gasteiger charge is 2.22. The summed E-state index contributed by atoms with van der Waals surface area (Å²) in [4.78, 5) is 33.3. The fourth-order valence-corrected chi connectivity index (χ4v) is 2.26. The van der Waals surface area contributed by atoms with Gasteiger partial charge in [0.05, 0.1) is 11.5 Å². The zero-order valence-corrected chi connectivity index (χ0v) is 12.4. The predicted molar refractivity (Wildman–Crippen MR) is 83.0 cm³/mol. The van der Waals surface area contributed by atoms with Gasteiger partial charge in [0, 0.05) is 28.7 Å². The van der Waals surface area contributed by atoms with Crippen molar-refractivity contribution in [1.29, 1.82) is 0 Å². The van der Waals surface area contributed by atoms with Crippen LogP contribution in [0, 0.1) is 10.1 Å². The molecule has 1 atom stereocenters. The Balaban J connectivity index is 2.38. The number of nitro benzene ring substituents is 1. The number of nitro groups is 1. The van der Waals surface area contributed by atoms with E-state index in [1.807, 2.05) is 0 Å². The fourth-order valence-electron chi connectivity index (χ4n) is 2.26. The predicted octanol–water partition coefficient (Wildman–Crippen LogP) is 3.01. The molecule has 1 radical (unpaired) electrons. The molecule has 6 nitrogen and oxygen atoms in total. The lowest BCUT2D eigenvalue weighted by Gasteiger charge is -2.11. The molecule has 2 aromatic rings. The SMILES string of the molecule is CC(CO[C]=O)c1ccc(C(=O)c2ccccc2)cc1[N+](=O)[O-]. The summed E-state index contributed by atoms with van der Waals surface area (Å²) in [5, 5.41) is 11.3. The molecule has 0 bridgehead atoms. The van der Waals surface area contributed by atoms with Crippen molar-refractivity contribution in [2.24, 2.45) is 0 Å². The van der Waals surface area contributed by atoms with Crippen LogP contribution < -0.4 is 0 Å². The fraction of sp³-hybridized carbons (Fsp3) is 0.176. The zero-order valence-electron chi connectivity index (χ0n) is 12.4. The van der Waals surface area contributed by atoms with E-state index in [0.717, 1.165) is 0 Å². The van der Waals surface area contributed by atoms with Gasteiger partial charge in [0.25, 0.3) is 5.69 Å². The van der Waals surface area contributed by atoms with Crippen molar-refractivity contribution in [3.05, 3.63) is 75.3 Å². The van der Waals surface area contributed by atoms with Crippen molar-refractivity contribution in [1.82, 2.24) is 0 Å². The third-order valence-corrected chi connectivity index (χ3v) is 3.45. The second kappa shape index (κ2) is 7.31. The second-order valence-electron chi connectivity index (χ2n) is 5.02. The average Bonchev–Trinajstić information content (AvgIpc) is 2.59. The van der Waals surface area contributed by atoms with Crippen molar-refractivity contribution in [3.8, 4) is 0 Å². The summed E-state index contributed by atoms with van der Waals surface area (Å²) in [7, 11) is 0. The maximum atomic E-state index is 12.4. The van der Waals surface area contributed by atoms with Crippen LogP contribution in [0.2, 0.25) is 0 Å². The second-order valence-corrected chi connectivity index (χ2v) is 5.02. The topological polar surface area (TPSA) is 86.5 Å². The standard InChI is InChI=1S/C17H14NO5/c1-12(10-23-11-19)15-8-7-14(9-16(15)18(21)22)17(20)13-5-3-2-4-6-13/h2-9,12H,10H2,1H3. The normalized spacial score (nSPS) is 11.5. The average molecular weight is 312 g/mol. The summed E-state index contributed by atoms with van der Waals surface area (Å²) < 4.78 is 4.54. The Morgan fingerprint density at radius 1 is 1.22 bits per heavy atom. The number of ether oxygens (including phenoxy) is 1. The molecule has 2 aromatic carbocycles. The molecule has 0 aromatic heterocycles. The minimum absolute atomic E-state index is 0.0175. The first-order valence-electron chi connectivity index (χ1n) is 6.91. The third kappa shape index (κ3) is 3.79. The molecule has 0 N–H and O–H groups in total. The van der Waals surface area contributed by atoms with Crippen LogP contribution in [0.25, 0.3) is 0 Å². The Morgan fingerprint density at radius 3 is 2.52 bits per heavy atom. The molecule has 23 heavy (non-hydrogen) atoms. The molecule has 0 aliphatic heterocycles. The lowest BCUT2D eigenvalue weighted by Crippen LogP contribution is -2.08. The van der Waals surface area contributed by atoms with Gasteiger partial charge in [-0.3, -0.25) is 14.9 Å². The minimum atomic E-state index is -0.543. The first-order chi connectivity index (χ1) is 11.0. The lowest BCUT2D eigenvalue weighted by molar-refractivity contribution is -0.385. The van der Waals surface area contributed by atoms with Gasteiger partial charge in [-0.1, -0.05) is 49.4 Å². The number of carbonyl (C=O) groups is 1. The first-order valence-corrected chi connectivity index (χ1v) is 6.91. The Morgan fingerprint density at radius 2 is 1.91 bits per heavy atom. The number of nitrogens with zero attached hydrogens (tertiary/aromatic N) is 1. The lowest BCUT2D eigenvalue weighted by atomic mass is 9.95. The summed E-state index contributed by atoms with van der Waals surface area (Å²) in [5.74, 6) is -0.664.